The van der Waals surface area contributed by atoms with Crippen LogP contribution in [0.3, 0.4) is 0 Å². The maximum atomic E-state index is 6.07. The topological polar surface area (TPSA) is 40.2 Å². The summed E-state index contributed by atoms with van der Waals surface area (Å²) in [5, 5.41) is 1.30. The highest BCUT2D eigenvalue weighted by Crippen LogP contribution is 2.22. The van der Waals surface area contributed by atoms with Gasteiger partial charge in [-0.2, -0.15) is 0 Å². The lowest BCUT2D eigenvalue weighted by molar-refractivity contribution is 0.0980. The highest BCUT2D eigenvalue weighted by Gasteiger charge is 2.16. The fourth-order valence-corrected chi connectivity index (χ4v) is 2.97. The van der Waals surface area contributed by atoms with Crippen molar-refractivity contribution in [1.82, 2.24) is 4.57 Å². The molecule has 1 saturated heterocycles. The summed E-state index contributed by atoms with van der Waals surface area (Å²) in [5.41, 5.74) is 8.71. The van der Waals surface area contributed by atoms with E-state index in [1.165, 1.54) is 29.3 Å². The summed E-state index contributed by atoms with van der Waals surface area (Å²) in [6.45, 7) is 4.02. The van der Waals surface area contributed by atoms with Gasteiger partial charge in [0.15, 0.2) is 0 Å². The second-order valence-corrected chi connectivity index (χ2v) is 5.87. The minimum atomic E-state index is 0.258. The first-order valence-corrected chi connectivity index (χ1v) is 7.71. The van der Waals surface area contributed by atoms with E-state index in [4.69, 9.17) is 10.5 Å². The van der Waals surface area contributed by atoms with Gasteiger partial charge in [0.25, 0.3) is 0 Å². The lowest BCUT2D eigenvalue weighted by atomic mass is 10.0. The van der Waals surface area contributed by atoms with Gasteiger partial charge in [0.05, 0.1) is 6.10 Å². The third-order valence-corrected chi connectivity index (χ3v) is 4.28. The molecule has 2 N–H and O–H groups in total. The van der Waals surface area contributed by atoms with Crippen molar-refractivity contribution in [2.24, 2.45) is 5.73 Å². The number of nitrogens with zero attached hydrogens (tertiary/aromatic N) is 1. The quantitative estimate of drug-likeness (QED) is 0.908. The van der Waals surface area contributed by atoms with Crippen molar-refractivity contribution in [1.29, 1.82) is 0 Å². The first-order valence-electron chi connectivity index (χ1n) is 7.71. The molecule has 2 atom stereocenters. The summed E-state index contributed by atoms with van der Waals surface area (Å²) in [6.07, 6.45) is 6.91. The van der Waals surface area contributed by atoms with Gasteiger partial charge in [-0.05, 0) is 48.8 Å². The number of hydrogen-bond acceptors (Lipinski definition) is 2. The smallest absolute Gasteiger partial charge is 0.0754 e. The Morgan fingerprint density at radius 3 is 3.05 bits per heavy atom. The lowest BCUT2D eigenvalue weighted by Gasteiger charge is -2.13. The van der Waals surface area contributed by atoms with Crippen molar-refractivity contribution in [3.63, 3.8) is 0 Å². The van der Waals surface area contributed by atoms with E-state index >= 15 is 0 Å². The average molecular weight is 272 g/mol. The van der Waals surface area contributed by atoms with Gasteiger partial charge in [0, 0.05) is 30.9 Å². The SMILES string of the molecule is CCC(N)Cc1ccc2ccn(CC3CCCO3)c2c1. The van der Waals surface area contributed by atoms with Crippen molar-refractivity contribution in [3.05, 3.63) is 36.0 Å². The Labute approximate surface area is 120 Å². The van der Waals surface area contributed by atoms with Gasteiger partial charge in [0.2, 0.25) is 0 Å². The van der Waals surface area contributed by atoms with Crippen molar-refractivity contribution in [3.8, 4) is 0 Å². The van der Waals surface area contributed by atoms with Crippen LogP contribution in [0.2, 0.25) is 0 Å². The van der Waals surface area contributed by atoms with Gasteiger partial charge in [-0.1, -0.05) is 19.1 Å². The first-order chi connectivity index (χ1) is 9.76. The van der Waals surface area contributed by atoms with Crippen LogP contribution in [-0.4, -0.2) is 23.3 Å². The van der Waals surface area contributed by atoms with Crippen LogP contribution in [-0.2, 0) is 17.7 Å². The summed E-state index contributed by atoms with van der Waals surface area (Å²) in [6, 6.07) is 9.15. The first kappa shape index (κ1) is 13.7. The summed E-state index contributed by atoms with van der Waals surface area (Å²) in [7, 11) is 0. The van der Waals surface area contributed by atoms with Crippen molar-refractivity contribution >= 4 is 10.9 Å². The third-order valence-electron chi connectivity index (χ3n) is 4.28. The molecular weight excluding hydrogens is 248 g/mol. The Morgan fingerprint density at radius 2 is 2.30 bits per heavy atom. The fourth-order valence-electron chi connectivity index (χ4n) is 2.97. The van der Waals surface area contributed by atoms with Crippen LogP contribution in [0.15, 0.2) is 30.5 Å². The lowest BCUT2D eigenvalue weighted by Crippen LogP contribution is -2.21. The maximum Gasteiger partial charge on any atom is 0.0754 e. The van der Waals surface area contributed by atoms with Crippen molar-refractivity contribution < 1.29 is 4.74 Å². The highest BCUT2D eigenvalue weighted by molar-refractivity contribution is 5.80. The van der Waals surface area contributed by atoms with Gasteiger partial charge in [-0.15, -0.1) is 0 Å². The van der Waals surface area contributed by atoms with Crippen molar-refractivity contribution in [2.45, 2.75) is 51.3 Å². The van der Waals surface area contributed by atoms with Crippen LogP contribution in [0.5, 0.6) is 0 Å². The predicted molar refractivity (Wildman–Crippen MR) is 82.9 cm³/mol. The van der Waals surface area contributed by atoms with E-state index in [0.29, 0.717) is 6.10 Å². The zero-order valence-electron chi connectivity index (χ0n) is 12.2. The number of fused-ring (bicyclic) bond motifs is 1. The van der Waals surface area contributed by atoms with Crippen LogP contribution in [0.4, 0.5) is 0 Å². The Kier molecular flexibility index (Phi) is 4.08. The number of hydrogen-bond donors (Lipinski definition) is 1. The molecule has 0 aliphatic carbocycles. The Balaban J connectivity index is 1.83. The average Bonchev–Trinajstić information content (AvgIpc) is 3.10. The Bertz CT molecular complexity index is 569. The molecule has 1 aliphatic rings. The van der Waals surface area contributed by atoms with Gasteiger partial charge < -0.3 is 15.0 Å². The molecule has 1 aromatic carbocycles. The van der Waals surface area contributed by atoms with Crippen LogP contribution < -0.4 is 5.73 Å². The second-order valence-electron chi connectivity index (χ2n) is 5.87. The van der Waals surface area contributed by atoms with E-state index < -0.39 is 0 Å². The van der Waals surface area contributed by atoms with E-state index in [0.717, 1.165) is 26.0 Å². The molecule has 1 aliphatic heterocycles. The minimum absolute atomic E-state index is 0.258. The summed E-state index contributed by atoms with van der Waals surface area (Å²) in [4.78, 5) is 0. The molecule has 0 bridgehead atoms. The van der Waals surface area contributed by atoms with Gasteiger partial charge in [0.1, 0.15) is 0 Å². The van der Waals surface area contributed by atoms with E-state index in [-0.39, 0.29) is 6.04 Å². The Morgan fingerprint density at radius 1 is 1.40 bits per heavy atom. The monoisotopic (exact) mass is 272 g/mol. The summed E-state index contributed by atoms with van der Waals surface area (Å²) >= 11 is 0. The molecule has 0 radical (unpaired) electrons. The molecule has 20 heavy (non-hydrogen) atoms. The minimum Gasteiger partial charge on any atom is -0.376 e. The van der Waals surface area contributed by atoms with Crippen LogP contribution in [0.25, 0.3) is 10.9 Å². The van der Waals surface area contributed by atoms with Gasteiger partial charge in [-0.3, -0.25) is 0 Å². The largest absolute Gasteiger partial charge is 0.376 e. The molecule has 2 heterocycles. The molecule has 3 nitrogen and oxygen atoms in total. The molecule has 0 spiro atoms. The zero-order chi connectivity index (χ0) is 13.9. The van der Waals surface area contributed by atoms with Crippen LogP contribution >= 0.6 is 0 Å². The zero-order valence-corrected chi connectivity index (χ0v) is 12.2. The third kappa shape index (κ3) is 2.89. The fraction of sp³-hybridized carbons (Fsp3) is 0.529. The second kappa shape index (κ2) is 5.98. The molecule has 3 heteroatoms. The predicted octanol–water partition coefficient (Wildman–Crippen LogP) is 3.10. The molecule has 3 rings (SSSR count). The van der Waals surface area contributed by atoms with E-state index in [9.17, 15) is 0 Å². The number of rotatable bonds is 5. The van der Waals surface area contributed by atoms with E-state index in [1.807, 2.05) is 0 Å². The molecule has 0 amide bonds. The molecular formula is C17H24N2O. The van der Waals surface area contributed by atoms with Crippen LogP contribution in [0.1, 0.15) is 31.7 Å². The highest BCUT2D eigenvalue weighted by atomic mass is 16.5. The summed E-state index contributed by atoms with van der Waals surface area (Å²) in [5.74, 6) is 0. The Hall–Kier alpha value is -1.32. The normalized spacial score (nSPS) is 20.6. The molecule has 108 valence electrons. The standard InChI is InChI=1S/C17H24N2O/c1-2-15(18)10-13-5-6-14-7-8-19(17(14)11-13)12-16-4-3-9-20-16/h5-8,11,15-16H,2-4,9-10,12,18H2,1H3. The number of aromatic nitrogens is 1. The number of nitrogens with two attached hydrogens (primary N) is 1. The maximum absolute atomic E-state index is 6.07. The van der Waals surface area contributed by atoms with Crippen molar-refractivity contribution in [2.75, 3.05) is 6.61 Å². The molecule has 1 fully saturated rings. The van der Waals surface area contributed by atoms with Gasteiger partial charge >= 0.3 is 0 Å². The number of benzene rings is 1. The molecule has 2 unspecified atom stereocenters. The number of ether oxygens (including phenoxy) is 1. The van der Waals surface area contributed by atoms with Gasteiger partial charge in [-0.25, -0.2) is 0 Å². The van der Waals surface area contributed by atoms with E-state index in [2.05, 4.69) is 42.0 Å². The van der Waals surface area contributed by atoms with E-state index in [1.54, 1.807) is 0 Å². The molecule has 2 aromatic rings. The summed E-state index contributed by atoms with van der Waals surface area (Å²) < 4.78 is 8.07. The molecule has 0 saturated carbocycles. The van der Waals surface area contributed by atoms with Crippen LogP contribution in [0, 0.1) is 0 Å². The molecule has 1 aromatic heterocycles.